The first kappa shape index (κ1) is 15.6. The molecule has 2 aromatic rings. The van der Waals surface area contributed by atoms with E-state index in [1.807, 2.05) is 30.8 Å². The van der Waals surface area contributed by atoms with Crippen molar-refractivity contribution in [1.82, 2.24) is 24.5 Å². The van der Waals surface area contributed by atoms with Crippen LogP contribution in [-0.4, -0.2) is 37.4 Å². The Hall–Kier alpha value is -1.82. The Morgan fingerprint density at radius 1 is 1.48 bits per heavy atom. The average Bonchev–Trinajstić information content (AvgIpc) is 3.08. The molecule has 7 heteroatoms. The third-order valence-corrected chi connectivity index (χ3v) is 3.55. The highest BCUT2D eigenvalue weighted by molar-refractivity contribution is 6.30. The van der Waals surface area contributed by atoms with Crippen LogP contribution in [0.4, 0.5) is 0 Å². The Morgan fingerprint density at radius 3 is 2.76 bits per heavy atom. The fourth-order valence-electron chi connectivity index (χ4n) is 2.20. The molecule has 2 heterocycles. The lowest BCUT2D eigenvalue weighted by molar-refractivity contribution is -0.134. The number of rotatable bonds is 6. The Morgan fingerprint density at radius 2 is 2.24 bits per heavy atom. The second-order valence-electron chi connectivity index (χ2n) is 4.92. The van der Waals surface area contributed by atoms with E-state index in [4.69, 9.17) is 11.6 Å². The highest BCUT2D eigenvalue weighted by Crippen LogP contribution is 2.17. The van der Waals surface area contributed by atoms with Gasteiger partial charge in [-0.3, -0.25) is 14.2 Å². The quantitative estimate of drug-likeness (QED) is 0.823. The number of hydrogen-bond donors (Lipinski definition) is 0. The van der Waals surface area contributed by atoms with E-state index in [1.54, 1.807) is 29.0 Å². The van der Waals surface area contributed by atoms with Crippen LogP contribution in [-0.2, 0) is 17.9 Å². The van der Waals surface area contributed by atoms with Gasteiger partial charge >= 0.3 is 0 Å². The summed E-state index contributed by atoms with van der Waals surface area (Å²) in [6.45, 7) is 5.29. The maximum atomic E-state index is 12.6. The van der Waals surface area contributed by atoms with Crippen molar-refractivity contribution in [3.05, 3.63) is 35.4 Å². The number of nitrogens with zero attached hydrogens (tertiary/aromatic N) is 5. The SMILES string of the molecule is CCC(C(=O)N(C)Cc1ccn(CC)n1)n1cc(Cl)cn1. The molecule has 0 fully saturated rings. The molecule has 0 bridgehead atoms. The van der Waals surface area contributed by atoms with Crippen LogP contribution in [0.2, 0.25) is 5.02 Å². The molecule has 0 aliphatic carbocycles. The molecule has 0 aliphatic rings. The van der Waals surface area contributed by atoms with Crippen molar-refractivity contribution in [2.75, 3.05) is 7.05 Å². The van der Waals surface area contributed by atoms with Crippen LogP contribution < -0.4 is 0 Å². The van der Waals surface area contributed by atoms with Gasteiger partial charge in [0.25, 0.3) is 0 Å². The summed E-state index contributed by atoms with van der Waals surface area (Å²) >= 11 is 5.87. The molecule has 0 aliphatic heterocycles. The summed E-state index contributed by atoms with van der Waals surface area (Å²) in [5.41, 5.74) is 0.876. The third-order valence-electron chi connectivity index (χ3n) is 3.36. The average molecular weight is 310 g/mol. The van der Waals surface area contributed by atoms with E-state index < -0.39 is 0 Å². The van der Waals surface area contributed by atoms with Crippen molar-refractivity contribution in [2.45, 2.75) is 39.4 Å². The van der Waals surface area contributed by atoms with E-state index in [9.17, 15) is 4.79 Å². The lowest BCUT2D eigenvalue weighted by Crippen LogP contribution is -2.34. The van der Waals surface area contributed by atoms with Crippen molar-refractivity contribution >= 4 is 17.5 Å². The van der Waals surface area contributed by atoms with Crippen LogP contribution in [0.5, 0.6) is 0 Å². The maximum absolute atomic E-state index is 12.6. The van der Waals surface area contributed by atoms with Crippen LogP contribution in [0.25, 0.3) is 0 Å². The molecule has 0 saturated carbocycles. The predicted octanol–water partition coefficient (Wildman–Crippen LogP) is 2.36. The highest BCUT2D eigenvalue weighted by Gasteiger charge is 2.23. The minimum absolute atomic E-state index is 0.00307. The fourth-order valence-corrected chi connectivity index (χ4v) is 2.34. The van der Waals surface area contributed by atoms with Gasteiger partial charge in [-0.05, 0) is 19.4 Å². The van der Waals surface area contributed by atoms with Crippen LogP contribution >= 0.6 is 11.6 Å². The molecule has 1 atom stereocenters. The number of likely N-dealkylation sites (N-methyl/N-ethyl adjacent to an activating group) is 1. The van der Waals surface area contributed by atoms with Crippen LogP contribution in [0.1, 0.15) is 32.0 Å². The van der Waals surface area contributed by atoms with E-state index in [0.717, 1.165) is 12.2 Å². The van der Waals surface area contributed by atoms with E-state index in [-0.39, 0.29) is 11.9 Å². The lowest BCUT2D eigenvalue weighted by atomic mass is 10.2. The zero-order valence-electron chi connectivity index (χ0n) is 12.5. The van der Waals surface area contributed by atoms with Gasteiger partial charge in [-0.25, -0.2) is 0 Å². The van der Waals surface area contributed by atoms with Crippen molar-refractivity contribution < 1.29 is 4.79 Å². The number of aromatic nitrogens is 4. The minimum atomic E-state index is -0.337. The summed E-state index contributed by atoms with van der Waals surface area (Å²) in [7, 11) is 1.78. The maximum Gasteiger partial charge on any atom is 0.247 e. The Balaban J connectivity index is 2.06. The molecule has 0 N–H and O–H groups in total. The molecule has 0 saturated heterocycles. The molecule has 1 unspecified atom stereocenters. The molecule has 2 rings (SSSR count). The number of carbonyl (C=O) groups is 1. The minimum Gasteiger partial charge on any atom is -0.338 e. The van der Waals surface area contributed by atoms with Gasteiger partial charge in [-0.2, -0.15) is 10.2 Å². The van der Waals surface area contributed by atoms with Crippen LogP contribution in [0.3, 0.4) is 0 Å². The van der Waals surface area contributed by atoms with Crippen molar-refractivity contribution in [3.63, 3.8) is 0 Å². The molecular formula is C14H20ClN5O. The smallest absolute Gasteiger partial charge is 0.247 e. The second kappa shape index (κ2) is 6.76. The zero-order valence-corrected chi connectivity index (χ0v) is 13.3. The second-order valence-corrected chi connectivity index (χ2v) is 5.36. The van der Waals surface area contributed by atoms with E-state index in [1.165, 1.54) is 0 Å². The summed E-state index contributed by atoms with van der Waals surface area (Å²) < 4.78 is 3.46. The molecular weight excluding hydrogens is 290 g/mol. The van der Waals surface area contributed by atoms with Gasteiger partial charge in [0.15, 0.2) is 0 Å². The summed E-state index contributed by atoms with van der Waals surface area (Å²) in [4.78, 5) is 14.2. The summed E-state index contributed by atoms with van der Waals surface area (Å²) in [6, 6.07) is 1.59. The summed E-state index contributed by atoms with van der Waals surface area (Å²) in [6.07, 6.45) is 5.79. The monoisotopic (exact) mass is 309 g/mol. The van der Waals surface area contributed by atoms with Gasteiger partial charge < -0.3 is 4.90 Å². The predicted molar refractivity (Wildman–Crippen MR) is 80.9 cm³/mol. The standard InChI is InChI=1S/C14H20ClN5O/c1-4-13(20-9-11(15)8-16-20)14(21)18(3)10-12-6-7-19(5-2)17-12/h6-9,13H,4-5,10H2,1-3H3. The van der Waals surface area contributed by atoms with Crippen LogP contribution in [0.15, 0.2) is 24.7 Å². The van der Waals surface area contributed by atoms with E-state index >= 15 is 0 Å². The number of aryl methyl sites for hydroxylation is 1. The van der Waals surface area contributed by atoms with Crippen molar-refractivity contribution in [1.29, 1.82) is 0 Å². The number of hydrogen-bond acceptors (Lipinski definition) is 3. The molecule has 114 valence electrons. The van der Waals surface area contributed by atoms with E-state index in [2.05, 4.69) is 10.2 Å². The van der Waals surface area contributed by atoms with Gasteiger partial charge in [-0.15, -0.1) is 0 Å². The molecule has 6 nitrogen and oxygen atoms in total. The Kier molecular flexibility index (Phi) is 5.01. The number of halogens is 1. The Bertz CT molecular complexity index is 606. The Labute approximate surface area is 129 Å². The normalized spacial score (nSPS) is 12.4. The zero-order chi connectivity index (χ0) is 15.4. The summed E-state index contributed by atoms with van der Waals surface area (Å²) in [5, 5.41) is 9.06. The molecule has 0 aromatic carbocycles. The molecule has 1 amide bonds. The first-order chi connectivity index (χ1) is 10.0. The first-order valence-electron chi connectivity index (χ1n) is 7.02. The summed E-state index contributed by atoms with van der Waals surface area (Å²) in [5.74, 6) is 0.00307. The number of amides is 1. The van der Waals surface area contributed by atoms with Gasteiger partial charge in [-0.1, -0.05) is 18.5 Å². The largest absolute Gasteiger partial charge is 0.338 e. The molecule has 2 aromatic heterocycles. The molecule has 21 heavy (non-hydrogen) atoms. The molecule has 0 radical (unpaired) electrons. The van der Waals surface area contributed by atoms with Gasteiger partial charge in [0.2, 0.25) is 5.91 Å². The van der Waals surface area contributed by atoms with Gasteiger partial charge in [0, 0.05) is 26.0 Å². The highest BCUT2D eigenvalue weighted by atomic mass is 35.5. The van der Waals surface area contributed by atoms with Crippen LogP contribution in [0, 0.1) is 0 Å². The third kappa shape index (κ3) is 3.64. The van der Waals surface area contributed by atoms with Crippen molar-refractivity contribution in [3.8, 4) is 0 Å². The fraction of sp³-hybridized carbons (Fsp3) is 0.500. The molecule has 0 spiro atoms. The van der Waals surface area contributed by atoms with Gasteiger partial charge in [0.1, 0.15) is 6.04 Å². The van der Waals surface area contributed by atoms with E-state index in [0.29, 0.717) is 18.0 Å². The van der Waals surface area contributed by atoms with Crippen molar-refractivity contribution in [2.24, 2.45) is 0 Å². The lowest BCUT2D eigenvalue weighted by Gasteiger charge is -2.22. The van der Waals surface area contributed by atoms with Gasteiger partial charge in [0.05, 0.1) is 23.5 Å². The first-order valence-corrected chi connectivity index (χ1v) is 7.39. The number of carbonyl (C=O) groups excluding carboxylic acids is 1. The topological polar surface area (TPSA) is 56.0 Å².